The number of phenols is 1. The number of nitrogens with one attached hydrogen (secondary N) is 1. The van der Waals surface area contributed by atoms with Crippen LogP contribution in [0.4, 0.5) is 23.2 Å². The summed E-state index contributed by atoms with van der Waals surface area (Å²) in [5.74, 6) is -1.03. The Morgan fingerprint density at radius 3 is 2.36 bits per heavy atom. The van der Waals surface area contributed by atoms with Crippen molar-refractivity contribution in [1.82, 2.24) is 9.78 Å². The molecule has 0 spiro atoms. The number of aliphatic hydroxyl groups is 1. The third kappa shape index (κ3) is 4.88. The fraction of sp³-hybridized carbons (Fsp3) is 0.296. The van der Waals surface area contributed by atoms with Crippen molar-refractivity contribution in [3.8, 4) is 11.4 Å². The van der Waals surface area contributed by atoms with Crippen LogP contribution in [-0.4, -0.2) is 38.3 Å². The summed E-state index contributed by atoms with van der Waals surface area (Å²) in [5, 5.41) is 28.7. The van der Waals surface area contributed by atoms with Crippen LogP contribution < -0.4 is 5.32 Å². The topological polar surface area (TPSA) is 70.3 Å². The van der Waals surface area contributed by atoms with Gasteiger partial charge in [0.15, 0.2) is 5.60 Å². The molecule has 1 aromatic heterocycles. The maximum absolute atomic E-state index is 14.2. The Bertz CT molecular complexity index is 1380. The predicted octanol–water partition coefficient (Wildman–Crippen LogP) is 6.25. The van der Waals surface area contributed by atoms with Gasteiger partial charge in [0.25, 0.3) is 0 Å². The number of aromatic hydroxyl groups is 1. The summed E-state index contributed by atoms with van der Waals surface area (Å²) in [6.07, 6.45) is -4.26. The zero-order chi connectivity index (χ0) is 26.3. The molecule has 1 unspecified atom stereocenters. The third-order valence-corrected chi connectivity index (χ3v) is 6.41. The minimum atomic E-state index is -5.00. The van der Waals surface area contributed by atoms with E-state index in [9.17, 15) is 27.8 Å². The van der Waals surface area contributed by atoms with Crippen LogP contribution in [0.15, 0.2) is 66.9 Å². The van der Waals surface area contributed by atoms with Crippen LogP contribution in [0, 0.1) is 12.7 Å². The van der Waals surface area contributed by atoms with E-state index in [2.05, 4.69) is 10.4 Å². The number of fused-ring (bicyclic) bond motifs is 1. The summed E-state index contributed by atoms with van der Waals surface area (Å²) in [6.45, 7) is 3.95. The van der Waals surface area contributed by atoms with Crippen LogP contribution in [0.1, 0.15) is 31.4 Å². The Morgan fingerprint density at radius 2 is 1.69 bits per heavy atom. The Labute approximate surface area is 206 Å². The van der Waals surface area contributed by atoms with Crippen molar-refractivity contribution in [2.75, 3.05) is 11.9 Å². The van der Waals surface area contributed by atoms with Gasteiger partial charge in [0.1, 0.15) is 11.6 Å². The Hall–Kier alpha value is -3.59. The number of hydrogen-bond acceptors (Lipinski definition) is 4. The van der Waals surface area contributed by atoms with Crippen LogP contribution in [0.25, 0.3) is 16.6 Å². The molecule has 0 saturated carbocycles. The highest BCUT2D eigenvalue weighted by Crippen LogP contribution is 2.43. The van der Waals surface area contributed by atoms with E-state index in [1.165, 1.54) is 13.8 Å². The maximum atomic E-state index is 14.2. The fourth-order valence-corrected chi connectivity index (χ4v) is 4.48. The number of alkyl halides is 3. The standard InChI is InChI=1S/C27H27F4N3O2/c1-17-7-10-19(11-8-17)34-23-6-4-5-22(20(23)14-33-34)32-16-26(36,27(29,30)31)15-25(2,3)21-13-18(28)9-12-24(21)35/h4-14,32,35-36H,15-16H2,1-3H3. The van der Waals surface area contributed by atoms with Crippen LogP contribution in [0.2, 0.25) is 0 Å². The molecule has 0 saturated heterocycles. The van der Waals surface area contributed by atoms with Gasteiger partial charge in [-0.05, 0) is 61.2 Å². The average molecular weight is 502 g/mol. The van der Waals surface area contributed by atoms with E-state index in [1.807, 2.05) is 31.2 Å². The summed E-state index contributed by atoms with van der Waals surface area (Å²) >= 11 is 0. The largest absolute Gasteiger partial charge is 0.508 e. The molecule has 0 fully saturated rings. The molecule has 4 aromatic rings. The molecule has 3 aromatic carbocycles. The molecule has 36 heavy (non-hydrogen) atoms. The van der Waals surface area contributed by atoms with Gasteiger partial charge in [-0.1, -0.05) is 37.6 Å². The smallest absolute Gasteiger partial charge is 0.418 e. The van der Waals surface area contributed by atoms with E-state index in [-0.39, 0.29) is 11.3 Å². The molecule has 0 aliphatic carbocycles. The summed E-state index contributed by atoms with van der Waals surface area (Å²) < 4.78 is 58.0. The van der Waals surface area contributed by atoms with Crippen LogP contribution in [0.3, 0.4) is 0 Å². The number of rotatable bonds is 7. The predicted molar refractivity (Wildman–Crippen MR) is 131 cm³/mol. The van der Waals surface area contributed by atoms with Crippen molar-refractivity contribution < 1.29 is 27.8 Å². The van der Waals surface area contributed by atoms with Gasteiger partial charge in [0.05, 0.1) is 23.9 Å². The first-order valence-corrected chi connectivity index (χ1v) is 11.4. The Kier molecular flexibility index (Phi) is 6.47. The lowest BCUT2D eigenvalue weighted by molar-refractivity contribution is -0.260. The van der Waals surface area contributed by atoms with Gasteiger partial charge in [-0.3, -0.25) is 0 Å². The third-order valence-electron chi connectivity index (χ3n) is 6.41. The summed E-state index contributed by atoms with van der Waals surface area (Å²) in [5.41, 5.74) is -1.66. The van der Waals surface area contributed by atoms with Crippen molar-refractivity contribution in [2.24, 2.45) is 0 Å². The lowest BCUT2D eigenvalue weighted by Crippen LogP contribution is -2.53. The van der Waals surface area contributed by atoms with E-state index < -0.39 is 36.0 Å². The normalized spacial score (nSPS) is 14.1. The zero-order valence-corrected chi connectivity index (χ0v) is 20.1. The molecule has 0 radical (unpaired) electrons. The molecule has 3 N–H and O–H groups in total. The van der Waals surface area contributed by atoms with Gasteiger partial charge in [0, 0.05) is 16.6 Å². The monoisotopic (exact) mass is 501 g/mol. The second kappa shape index (κ2) is 9.13. The molecule has 5 nitrogen and oxygen atoms in total. The van der Waals surface area contributed by atoms with Gasteiger partial charge >= 0.3 is 6.18 Å². The second-order valence-electron chi connectivity index (χ2n) is 9.74. The number of halogens is 4. The molecule has 0 aliphatic rings. The molecule has 0 aliphatic heterocycles. The second-order valence-corrected chi connectivity index (χ2v) is 9.74. The Balaban J connectivity index is 1.64. The average Bonchev–Trinajstić information content (AvgIpc) is 3.23. The SMILES string of the molecule is Cc1ccc(-n2ncc3c(NCC(O)(CC(C)(C)c4cc(F)ccc4O)C(F)(F)F)cccc32)cc1. The van der Waals surface area contributed by atoms with Crippen molar-refractivity contribution in [2.45, 2.75) is 44.4 Å². The Morgan fingerprint density at radius 1 is 1.00 bits per heavy atom. The van der Waals surface area contributed by atoms with Gasteiger partial charge in [-0.25, -0.2) is 9.07 Å². The van der Waals surface area contributed by atoms with Gasteiger partial charge in [-0.15, -0.1) is 0 Å². The number of phenolic OH excluding ortho intramolecular Hbond substituents is 1. The number of nitrogens with zero attached hydrogens (tertiary/aromatic N) is 2. The molecule has 190 valence electrons. The van der Waals surface area contributed by atoms with Crippen LogP contribution in [-0.2, 0) is 5.41 Å². The maximum Gasteiger partial charge on any atom is 0.418 e. The zero-order valence-electron chi connectivity index (χ0n) is 20.1. The number of aromatic nitrogens is 2. The van der Waals surface area contributed by atoms with Crippen LogP contribution >= 0.6 is 0 Å². The molecule has 1 heterocycles. The van der Waals surface area contributed by atoms with E-state index in [4.69, 9.17) is 0 Å². The molecular weight excluding hydrogens is 474 g/mol. The van der Waals surface area contributed by atoms with Crippen molar-refractivity contribution in [3.05, 3.63) is 83.8 Å². The number of anilines is 1. The van der Waals surface area contributed by atoms with Crippen molar-refractivity contribution in [1.29, 1.82) is 0 Å². The number of hydrogen-bond donors (Lipinski definition) is 3. The molecule has 4 rings (SSSR count). The quantitative estimate of drug-likeness (QED) is 0.262. The first kappa shape index (κ1) is 25.5. The molecular formula is C27H27F4N3O2. The summed E-state index contributed by atoms with van der Waals surface area (Å²) in [6, 6.07) is 15.9. The van der Waals surface area contributed by atoms with Gasteiger partial charge in [0.2, 0.25) is 0 Å². The minimum Gasteiger partial charge on any atom is -0.508 e. The van der Waals surface area contributed by atoms with Gasteiger partial charge in [-0.2, -0.15) is 18.3 Å². The molecule has 0 bridgehead atoms. The molecule has 9 heteroatoms. The highest BCUT2D eigenvalue weighted by Gasteiger charge is 2.56. The van der Waals surface area contributed by atoms with Crippen molar-refractivity contribution >= 4 is 16.6 Å². The highest BCUT2D eigenvalue weighted by molar-refractivity contribution is 5.92. The first-order chi connectivity index (χ1) is 16.8. The molecule has 0 amide bonds. The van der Waals surface area contributed by atoms with E-state index in [1.54, 1.807) is 29.1 Å². The van der Waals surface area contributed by atoms with E-state index in [0.717, 1.165) is 29.4 Å². The first-order valence-electron chi connectivity index (χ1n) is 11.4. The van der Waals surface area contributed by atoms with E-state index in [0.29, 0.717) is 16.6 Å². The summed E-state index contributed by atoms with van der Waals surface area (Å²) in [4.78, 5) is 0. The molecule has 1 atom stereocenters. The highest BCUT2D eigenvalue weighted by atomic mass is 19.4. The van der Waals surface area contributed by atoms with Crippen molar-refractivity contribution in [3.63, 3.8) is 0 Å². The minimum absolute atomic E-state index is 0.0216. The summed E-state index contributed by atoms with van der Waals surface area (Å²) in [7, 11) is 0. The van der Waals surface area contributed by atoms with E-state index >= 15 is 0 Å². The number of benzene rings is 3. The number of aryl methyl sites for hydroxylation is 1. The lowest BCUT2D eigenvalue weighted by atomic mass is 9.74. The fourth-order valence-electron chi connectivity index (χ4n) is 4.48. The van der Waals surface area contributed by atoms with Gasteiger partial charge < -0.3 is 15.5 Å². The lowest BCUT2D eigenvalue weighted by Gasteiger charge is -2.38. The van der Waals surface area contributed by atoms with Crippen LogP contribution in [0.5, 0.6) is 5.75 Å².